The van der Waals surface area contributed by atoms with Crippen LogP contribution in [0.1, 0.15) is 46.5 Å². The van der Waals surface area contributed by atoms with Gasteiger partial charge in [0.15, 0.2) is 5.96 Å². The first-order chi connectivity index (χ1) is 12.0. The molecule has 0 aromatic heterocycles. The van der Waals surface area contributed by atoms with Gasteiger partial charge in [0, 0.05) is 46.4 Å². The zero-order chi connectivity index (χ0) is 18.5. The van der Waals surface area contributed by atoms with E-state index in [1.165, 1.54) is 6.42 Å². The van der Waals surface area contributed by atoms with Crippen LogP contribution in [0.3, 0.4) is 0 Å². The van der Waals surface area contributed by atoms with Crippen molar-refractivity contribution in [3.63, 3.8) is 0 Å². The molecule has 1 heterocycles. The zero-order valence-corrected chi connectivity index (χ0v) is 16.9. The minimum absolute atomic E-state index is 0.173. The van der Waals surface area contributed by atoms with Crippen molar-refractivity contribution >= 4 is 5.96 Å². The predicted octanol–water partition coefficient (Wildman–Crippen LogP) is 2.44. The lowest BCUT2D eigenvalue weighted by Gasteiger charge is -2.40. The van der Waals surface area contributed by atoms with Crippen molar-refractivity contribution in [3.05, 3.63) is 0 Å². The van der Waals surface area contributed by atoms with Crippen molar-refractivity contribution in [2.45, 2.75) is 52.6 Å². The molecular weight excluding hydrogens is 318 g/mol. The Hall–Kier alpha value is -0.850. The number of hydrogen-bond acceptors (Lipinski definition) is 4. The van der Waals surface area contributed by atoms with Gasteiger partial charge >= 0.3 is 0 Å². The van der Waals surface area contributed by atoms with Crippen LogP contribution >= 0.6 is 0 Å². The van der Waals surface area contributed by atoms with Crippen LogP contribution in [0.25, 0.3) is 0 Å². The van der Waals surface area contributed by atoms with Crippen LogP contribution in [-0.2, 0) is 14.2 Å². The molecule has 1 saturated heterocycles. The van der Waals surface area contributed by atoms with Gasteiger partial charge in [0.25, 0.3) is 0 Å². The fraction of sp³-hybridized carbons (Fsp3) is 0.947. The van der Waals surface area contributed by atoms with Crippen molar-refractivity contribution in [2.24, 2.45) is 16.3 Å². The summed E-state index contributed by atoms with van der Waals surface area (Å²) in [6, 6.07) is 0. The van der Waals surface area contributed by atoms with Gasteiger partial charge in [-0.3, -0.25) is 4.99 Å². The van der Waals surface area contributed by atoms with E-state index in [4.69, 9.17) is 14.2 Å². The first-order valence-electron chi connectivity index (χ1n) is 9.62. The lowest BCUT2D eigenvalue weighted by molar-refractivity contribution is -0.0835. The second-order valence-corrected chi connectivity index (χ2v) is 7.75. The molecule has 2 unspecified atom stereocenters. The van der Waals surface area contributed by atoms with Crippen molar-refractivity contribution in [3.8, 4) is 0 Å². The molecule has 0 bridgehead atoms. The first-order valence-corrected chi connectivity index (χ1v) is 9.62. The summed E-state index contributed by atoms with van der Waals surface area (Å²) in [4.78, 5) is 4.32. The predicted molar refractivity (Wildman–Crippen MR) is 103 cm³/mol. The highest BCUT2D eigenvalue weighted by molar-refractivity contribution is 5.79. The van der Waals surface area contributed by atoms with E-state index in [-0.39, 0.29) is 5.41 Å². The quantitative estimate of drug-likeness (QED) is 0.357. The SMILES string of the molecule is CN=C(NCCCCOCCOC)NCC1CCCOC1C(C)(C)C. The standard InChI is InChI=1S/C19H39N3O3/c1-19(2,3)17-16(9-8-12-25-17)15-22-18(20-4)21-10-6-7-11-24-14-13-23-5/h16-17H,6-15H2,1-5H3,(H2,20,21,22). The molecule has 1 aliphatic rings. The Bertz CT molecular complexity index is 369. The van der Waals surface area contributed by atoms with Crippen molar-refractivity contribution in [2.75, 3.05) is 53.7 Å². The van der Waals surface area contributed by atoms with E-state index in [1.54, 1.807) is 7.11 Å². The molecule has 1 aliphatic heterocycles. The molecule has 0 saturated carbocycles. The molecule has 0 spiro atoms. The molecule has 25 heavy (non-hydrogen) atoms. The van der Waals surface area contributed by atoms with E-state index in [0.717, 1.165) is 51.5 Å². The third kappa shape index (κ3) is 9.42. The lowest BCUT2D eigenvalue weighted by Crippen LogP contribution is -2.47. The highest BCUT2D eigenvalue weighted by Gasteiger charge is 2.35. The Morgan fingerprint density at radius 1 is 1.16 bits per heavy atom. The van der Waals surface area contributed by atoms with Crippen LogP contribution in [0, 0.1) is 11.3 Å². The minimum Gasteiger partial charge on any atom is -0.382 e. The summed E-state index contributed by atoms with van der Waals surface area (Å²) in [5, 5.41) is 6.85. The van der Waals surface area contributed by atoms with Gasteiger partial charge in [-0.05, 0) is 31.1 Å². The highest BCUT2D eigenvalue weighted by atomic mass is 16.5. The average molecular weight is 358 g/mol. The van der Waals surface area contributed by atoms with E-state index in [1.807, 2.05) is 7.05 Å². The maximum atomic E-state index is 6.05. The number of methoxy groups -OCH3 is 1. The molecule has 148 valence electrons. The number of rotatable bonds is 10. The van der Waals surface area contributed by atoms with Crippen LogP contribution in [0.15, 0.2) is 4.99 Å². The summed E-state index contributed by atoms with van der Waals surface area (Å²) in [7, 11) is 3.51. The van der Waals surface area contributed by atoms with Crippen molar-refractivity contribution < 1.29 is 14.2 Å². The molecule has 0 aliphatic carbocycles. The summed E-state index contributed by atoms with van der Waals surface area (Å²) in [6.07, 6.45) is 4.76. The zero-order valence-electron chi connectivity index (χ0n) is 16.9. The second-order valence-electron chi connectivity index (χ2n) is 7.75. The summed E-state index contributed by atoms with van der Waals surface area (Å²) in [5.41, 5.74) is 0.173. The smallest absolute Gasteiger partial charge is 0.190 e. The molecule has 0 radical (unpaired) electrons. The monoisotopic (exact) mass is 357 g/mol. The maximum Gasteiger partial charge on any atom is 0.190 e. The van der Waals surface area contributed by atoms with Crippen LogP contribution in [0.2, 0.25) is 0 Å². The Balaban J connectivity index is 2.20. The maximum absolute atomic E-state index is 6.05. The minimum atomic E-state index is 0.173. The molecule has 1 rings (SSSR count). The summed E-state index contributed by atoms with van der Waals surface area (Å²) >= 11 is 0. The van der Waals surface area contributed by atoms with E-state index >= 15 is 0 Å². The molecule has 2 N–H and O–H groups in total. The van der Waals surface area contributed by atoms with Gasteiger partial charge in [0.2, 0.25) is 0 Å². The molecule has 0 amide bonds. The van der Waals surface area contributed by atoms with Gasteiger partial charge in [-0.1, -0.05) is 20.8 Å². The molecule has 0 aromatic rings. The molecule has 0 aromatic carbocycles. The number of nitrogens with zero attached hydrogens (tertiary/aromatic N) is 1. The molecular formula is C19H39N3O3. The van der Waals surface area contributed by atoms with E-state index in [0.29, 0.717) is 25.2 Å². The number of nitrogens with one attached hydrogen (secondary N) is 2. The van der Waals surface area contributed by atoms with Crippen molar-refractivity contribution in [1.82, 2.24) is 10.6 Å². The van der Waals surface area contributed by atoms with E-state index < -0.39 is 0 Å². The third-order valence-corrected chi connectivity index (χ3v) is 4.49. The highest BCUT2D eigenvalue weighted by Crippen LogP contribution is 2.33. The summed E-state index contributed by atoms with van der Waals surface area (Å²) in [6.45, 7) is 11.6. The van der Waals surface area contributed by atoms with Gasteiger partial charge in [0.1, 0.15) is 0 Å². The van der Waals surface area contributed by atoms with Gasteiger partial charge in [-0.2, -0.15) is 0 Å². The fourth-order valence-corrected chi connectivity index (χ4v) is 3.24. The van der Waals surface area contributed by atoms with Gasteiger partial charge in [-0.25, -0.2) is 0 Å². The third-order valence-electron chi connectivity index (χ3n) is 4.49. The topological polar surface area (TPSA) is 64.1 Å². The van der Waals surface area contributed by atoms with Crippen LogP contribution < -0.4 is 10.6 Å². The molecule has 6 nitrogen and oxygen atoms in total. The van der Waals surface area contributed by atoms with Crippen molar-refractivity contribution in [1.29, 1.82) is 0 Å². The van der Waals surface area contributed by atoms with Crippen LogP contribution in [0.5, 0.6) is 0 Å². The molecule has 6 heteroatoms. The lowest BCUT2D eigenvalue weighted by atomic mass is 9.78. The Morgan fingerprint density at radius 2 is 1.96 bits per heavy atom. The molecule has 1 fully saturated rings. The Labute approximate surface area is 154 Å². The van der Waals surface area contributed by atoms with Gasteiger partial charge in [-0.15, -0.1) is 0 Å². The Kier molecular flexibility index (Phi) is 11.1. The number of ether oxygens (including phenoxy) is 3. The normalized spacial score (nSPS) is 22.0. The van der Waals surface area contributed by atoms with E-state index in [9.17, 15) is 0 Å². The molecule has 2 atom stereocenters. The van der Waals surface area contributed by atoms with Crippen LogP contribution in [-0.4, -0.2) is 65.7 Å². The van der Waals surface area contributed by atoms with Crippen LogP contribution in [0.4, 0.5) is 0 Å². The van der Waals surface area contributed by atoms with Gasteiger partial charge < -0.3 is 24.8 Å². The summed E-state index contributed by atoms with van der Waals surface area (Å²) in [5.74, 6) is 1.40. The van der Waals surface area contributed by atoms with E-state index in [2.05, 4.69) is 36.4 Å². The number of guanidine groups is 1. The number of hydrogen-bond donors (Lipinski definition) is 2. The average Bonchev–Trinajstić information content (AvgIpc) is 2.59. The first kappa shape index (κ1) is 22.2. The Morgan fingerprint density at radius 3 is 2.64 bits per heavy atom. The number of aliphatic imine (C=N–C) groups is 1. The summed E-state index contributed by atoms with van der Waals surface area (Å²) < 4.78 is 16.5. The number of unbranched alkanes of at least 4 members (excludes halogenated alkanes) is 1. The van der Waals surface area contributed by atoms with Gasteiger partial charge in [0.05, 0.1) is 19.3 Å². The largest absolute Gasteiger partial charge is 0.382 e. The fourth-order valence-electron chi connectivity index (χ4n) is 3.24. The second kappa shape index (κ2) is 12.5.